The minimum Gasteiger partial charge on any atom is -0.368 e. The van der Waals surface area contributed by atoms with Crippen molar-refractivity contribution in [2.75, 3.05) is 31.1 Å². The summed E-state index contributed by atoms with van der Waals surface area (Å²) >= 11 is 18.2. The van der Waals surface area contributed by atoms with Gasteiger partial charge in [-0.25, -0.2) is 0 Å². The summed E-state index contributed by atoms with van der Waals surface area (Å²) in [6.07, 6.45) is 0. The van der Waals surface area contributed by atoms with E-state index in [9.17, 15) is 4.79 Å². The van der Waals surface area contributed by atoms with Gasteiger partial charge in [-0.1, -0.05) is 40.9 Å². The second kappa shape index (κ2) is 7.22. The molecule has 1 heterocycles. The number of carbonyl (C=O) groups excluding carboxylic acids is 1. The summed E-state index contributed by atoms with van der Waals surface area (Å²) in [5.41, 5.74) is 2.75. The van der Waals surface area contributed by atoms with E-state index >= 15 is 0 Å². The number of rotatable bonds is 2. The van der Waals surface area contributed by atoms with Crippen molar-refractivity contribution in [3.63, 3.8) is 0 Å². The van der Waals surface area contributed by atoms with Crippen molar-refractivity contribution in [2.24, 2.45) is 0 Å². The van der Waals surface area contributed by atoms with Crippen molar-refractivity contribution < 1.29 is 4.79 Å². The van der Waals surface area contributed by atoms with E-state index in [-0.39, 0.29) is 5.91 Å². The minimum atomic E-state index is -0.0787. The average Bonchev–Trinajstić information content (AvgIpc) is 2.59. The Kier molecular flexibility index (Phi) is 5.24. The van der Waals surface area contributed by atoms with E-state index < -0.39 is 0 Å². The van der Waals surface area contributed by atoms with Crippen molar-refractivity contribution in [1.82, 2.24) is 4.90 Å². The molecule has 24 heavy (non-hydrogen) atoms. The molecule has 0 radical (unpaired) electrons. The number of anilines is 1. The Hall–Kier alpha value is -1.42. The van der Waals surface area contributed by atoms with Gasteiger partial charge in [-0.3, -0.25) is 4.79 Å². The lowest BCUT2D eigenvalue weighted by Gasteiger charge is -2.37. The van der Waals surface area contributed by atoms with Crippen molar-refractivity contribution in [3.8, 4) is 0 Å². The smallest absolute Gasteiger partial charge is 0.255 e. The van der Waals surface area contributed by atoms with Gasteiger partial charge in [-0.05, 0) is 42.8 Å². The number of amides is 1. The Bertz CT molecular complexity index is 771. The van der Waals surface area contributed by atoms with E-state index in [0.717, 1.165) is 23.8 Å². The fourth-order valence-corrected chi connectivity index (χ4v) is 3.44. The van der Waals surface area contributed by atoms with Gasteiger partial charge in [0.1, 0.15) is 0 Å². The van der Waals surface area contributed by atoms with E-state index in [4.69, 9.17) is 34.8 Å². The van der Waals surface area contributed by atoms with E-state index in [1.165, 1.54) is 5.56 Å². The molecular weight excluding hydrogens is 367 g/mol. The summed E-state index contributed by atoms with van der Waals surface area (Å²) in [5, 5.41) is 1.66. The average molecular weight is 384 g/mol. The first kappa shape index (κ1) is 17.4. The zero-order valence-electron chi connectivity index (χ0n) is 13.2. The molecule has 1 aliphatic rings. The molecule has 0 aliphatic carbocycles. The van der Waals surface area contributed by atoms with Gasteiger partial charge in [0, 0.05) is 41.9 Å². The number of hydrogen-bond donors (Lipinski definition) is 0. The number of aryl methyl sites for hydroxylation is 1. The number of halogens is 3. The van der Waals surface area contributed by atoms with Crippen molar-refractivity contribution in [3.05, 3.63) is 62.6 Å². The molecule has 1 amide bonds. The molecule has 1 fully saturated rings. The lowest BCUT2D eigenvalue weighted by molar-refractivity contribution is 0.0747. The molecule has 0 atom stereocenters. The van der Waals surface area contributed by atoms with Crippen LogP contribution in [0, 0.1) is 6.92 Å². The standard InChI is InChI=1S/C18H17Cl3N2O/c1-12-2-3-14(20)11-17(12)22-6-8-23(9-7-22)18(24)15-10-13(19)4-5-16(15)21/h2-5,10-11H,6-9H2,1H3. The third kappa shape index (κ3) is 3.64. The first-order chi connectivity index (χ1) is 11.5. The lowest BCUT2D eigenvalue weighted by Crippen LogP contribution is -2.49. The Labute approximate surface area is 156 Å². The largest absolute Gasteiger partial charge is 0.368 e. The number of nitrogens with zero attached hydrogens (tertiary/aromatic N) is 2. The number of hydrogen-bond acceptors (Lipinski definition) is 2. The molecule has 3 rings (SSSR count). The van der Waals surface area contributed by atoms with Crippen LogP contribution in [0.15, 0.2) is 36.4 Å². The Morgan fingerprint density at radius 1 is 0.917 bits per heavy atom. The van der Waals surface area contributed by atoms with Crippen LogP contribution >= 0.6 is 34.8 Å². The SMILES string of the molecule is Cc1ccc(Cl)cc1N1CCN(C(=O)c2cc(Cl)ccc2Cl)CC1. The molecule has 3 nitrogen and oxygen atoms in total. The van der Waals surface area contributed by atoms with Gasteiger partial charge in [0.05, 0.1) is 10.6 Å². The van der Waals surface area contributed by atoms with Crippen LogP contribution in [0.25, 0.3) is 0 Å². The molecule has 126 valence electrons. The topological polar surface area (TPSA) is 23.6 Å². The molecule has 1 saturated heterocycles. The van der Waals surface area contributed by atoms with Crippen molar-refractivity contribution >= 4 is 46.4 Å². The van der Waals surface area contributed by atoms with Gasteiger partial charge in [0.25, 0.3) is 5.91 Å². The van der Waals surface area contributed by atoms with E-state index in [1.807, 2.05) is 23.1 Å². The van der Waals surface area contributed by atoms with Crippen LogP contribution in [-0.4, -0.2) is 37.0 Å². The van der Waals surface area contributed by atoms with Crippen LogP contribution < -0.4 is 4.90 Å². The highest BCUT2D eigenvalue weighted by atomic mass is 35.5. The second-order valence-corrected chi connectivity index (χ2v) is 7.11. The Morgan fingerprint density at radius 2 is 1.54 bits per heavy atom. The number of piperazine rings is 1. The molecule has 0 spiro atoms. The van der Waals surface area contributed by atoms with Crippen LogP contribution in [0.3, 0.4) is 0 Å². The molecular formula is C18H17Cl3N2O. The molecule has 0 saturated carbocycles. The highest BCUT2D eigenvalue weighted by molar-refractivity contribution is 6.35. The zero-order chi connectivity index (χ0) is 17.3. The monoisotopic (exact) mass is 382 g/mol. The molecule has 0 N–H and O–H groups in total. The van der Waals surface area contributed by atoms with E-state index in [2.05, 4.69) is 11.8 Å². The first-order valence-electron chi connectivity index (χ1n) is 7.71. The summed E-state index contributed by atoms with van der Waals surface area (Å²) in [7, 11) is 0. The summed E-state index contributed by atoms with van der Waals surface area (Å²) in [6, 6.07) is 10.8. The molecule has 2 aromatic carbocycles. The quantitative estimate of drug-likeness (QED) is 0.735. The second-order valence-electron chi connectivity index (χ2n) is 5.83. The summed E-state index contributed by atoms with van der Waals surface area (Å²) in [6.45, 7) is 4.84. The van der Waals surface area contributed by atoms with Gasteiger partial charge in [-0.2, -0.15) is 0 Å². The normalized spacial score (nSPS) is 14.8. The van der Waals surface area contributed by atoms with Crippen molar-refractivity contribution in [1.29, 1.82) is 0 Å². The summed E-state index contributed by atoms with van der Waals surface area (Å²) < 4.78 is 0. The number of benzene rings is 2. The molecule has 0 bridgehead atoms. The van der Waals surface area contributed by atoms with E-state index in [0.29, 0.717) is 28.7 Å². The van der Waals surface area contributed by atoms with Crippen LogP contribution in [0.2, 0.25) is 15.1 Å². The predicted octanol–water partition coefficient (Wildman–Crippen LogP) is 4.92. The number of carbonyl (C=O) groups is 1. The van der Waals surface area contributed by atoms with Gasteiger partial charge in [-0.15, -0.1) is 0 Å². The molecule has 0 aromatic heterocycles. The highest BCUT2D eigenvalue weighted by Gasteiger charge is 2.24. The van der Waals surface area contributed by atoms with E-state index in [1.54, 1.807) is 18.2 Å². The molecule has 6 heteroatoms. The summed E-state index contributed by atoms with van der Waals surface area (Å²) in [5.74, 6) is -0.0787. The van der Waals surface area contributed by atoms with Crippen LogP contribution in [0.1, 0.15) is 15.9 Å². The van der Waals surface area contributed by atoms with Crippen LogP contribution in [0.5, 0.6) is 0 Å². The van der Waals surface area contributed by atoms with Gasteiger partial charge in [0.2, 0.25) is 0 Å². The molecule has 1 aliphatic heterocycles. The van der Waals surface area contributed by atoms with Gasteiger partial charge >= 0.3 is 0 Å². The Morgan fingerprint density at radius 3 is 2.25 bits per heavy atom. The van der Waals surface area contributed by atoms with Gasteiger partial charge in [0.15, 0.2) is 0 Å². The maximum atomic E-state index is 12.7. The first-order valence-corrected chi connectivity index (χ1v) is 8.84. The van der Waals surface area contributed by atoms with Crippen LogP contribution in [-0.2, 0) is 0 Å². The maximum Gasteiger partial charge on any atom is 0.255 e. The predicted molar refractivity (Wildman–Crippen MR) is 101 cm³/mol. The Balaban J connectivity index is 1.72. The highest BCUT2D eigenvalue weighted by Crippen LogP contribution is 2.27. The van der Waals surface area contributed by atoms with Gasteiger partial charge < -0.3 is 9.80 Å². The maximum absolute atomic E-state index is 12.7. The minimum absolute atomic E-state index is 0.0787. The fraction of sp³-hybridized carbons (Fsp3) is 0.278. The third-order valence-corrected chi connectivity index (χ3v) is 5.04. The lowest BCUT2D eigenvalue weighted by atomic mass is 10.1. The molecule has 2 aromatic rings. The van der Waals surface area contributed by atoms with Crippen LogP contribution in [0.4, 0.5) is 5.69 Å². The fourth-order valence-electron chi connectivity index (χ4n) is 2.91. The molecule has 0 unspecified atom stereocenters. The third-order valence-electron chi connectivity index (χ3n) is 4.24. The van der Waals surface area contributed by atoms with Crippen molar-refractivity contribution in [2.45, 2.75) is 6.92 Å². The zero-order valence-corrected chi connectivity index (χ0v) is 15.5. The summed E-state index contributed by atoms with van der Waals surface area (Å²) in [4.78, 5) is 16.7.